The Morgan fingerprint density at radius 1 is 1.08 bits per heavy atom. The standard InChI is InChI=1S/C20H24O5Si/c1-26(2,3)12-11-22-14-24-18-10-6-8-16-19(18)25-17-9-5-4-7-15(17)13-23-20(16)21/h4-10H,11-14H2,1-3H3. The van der Waals surface area contributed by atoms with Crippen LogP contribution >= 0.6 is 0 Å². The second kappa shape index (κ2) is 7.93. The zero-order valence-electron chi connectivity index (χ0n) is 15.4. The first-order chi connectivity index (χ1) is 12.4. The maximum absolute atomic E-state index is 12.3. The first-order valence-corrected chi connectivity index (χ1v) is 12.4. The maximum Gasteiger partial charge on any atom is 0.342 e. The van der Waals surface area contributed by atoms with Gasteiger partial charge in [0.15, 0.2) is 18.3 Å². The number of benzene rings is 2. The molecule has 1 heterocycles. The van der Waals surface area contributed by atoms with Crippen LogP contribution in [-0.2, 0) is 16.1 Å². The molecule has 0 radical (unpaired) electrons. The Bertz CT molecular complexity index is 782. The van der Waals surface area contributed by atoms with E-state index in [1.54, 1.807) is 18.2 Å². The van der Waals surface area contributed by atoms with Gasteiger partial charge in [0, 0.05) is 20.2 Å². The highest BCUT2D eigenvalue weighted by atomic mass is 28.3. The molecule has 5 nitrogen and oxygen atoms in total. The fourth-order valence-electron chi connectivity index (χ4n) is 2.49. The van der Waals surface area contributed by atoms with Gasteiger partial charge in [-0.25, -0.2) is 4.79 Å². The lowest BCUT2D eigenvalue weighted by Crippen LogP contribution is -2.22. The average Bonchev–Trinajstić information content (AvgIpc) is 2.59. The lowest BCUT2D eigenvalue weighted by atomic mass is 10.1. The van der Waals surface area contributed by atoms with Gasteiger partial charge < -0.3 is 18.9 Å². The SMILES string of the molecule is C[Si](C)(C)CCOCOc1cccc2c1Oc1ccccc1COC2=O. The van der Waals surface area contributed by atoms with Crippen molar-refractivity contribution in [1.82, 2.24) is 0 Å². The number of cyclic esters (lactones) is 1. The van der Waals surface area contributed by atoms with Gasteiger partial charge in [0.05, 0.1) is 0 Å². The number of hydrogen-bond acceptors (Lipinski definition) is 5. The Kier molecular flexibility index (Phi) is 5.63. The second-order valence-corrected chi connectivity index (χ2v) is 13.0. The Balaban J connectivity index is 1.76. The molecule has 0 spiro atoms. The molecule has 3 rings (SSSR count). The first-order valence-electron chi connectivity index (χ1n) is 8.70. The van der Waals surface area contributed by atoms with E-state index in [1.165, 1.54) is 0 Å². The van der Waals surface area contributed by atoms with E-state index in [2.05, 4.69) is 19.6 Å². The van der Waals surface area contributed by atoms with Crippen molar-refractivity contribution in [2.24, 2.45) is 0 Å². The molecule has 0 saturated heterocycles. The van der Waals surface area contributed by atoms with E-state index in [4.69, 9.17) is 18.9 Å². The summed E-state index contributed by atoms with van der Waals surface area (Å²) in [5.41, 5.74) is 1.16. The molecule has 1 aliphatic rings. The quantitative estimate of drug-likeness (QED) is 0.314. The van der Waals surface area contributed by atoms with Crippen molar-refractivity contribution in [3.05, 3.63) is 53.6 Å². The zero-order chi connectivity index (χ0) is 18.6. The lowest BCUT2D eigenvalue weighted by Gasteiger charge is -2.20. The summed E-state index contributed by atoms with van der Waals surface area (Å²) in [6, 6.07) is 13.7. The third-order valence-corrected chi connectivity index (χ3v) is 5.74. The lowest BCUT2D eigenvalue weighted by molar-refractivity contribution is 0.0202. The van der Waals surface area contributed by atoms with E-state index in [0.717, 1.165) is 11.6 Å². The van der Waals surface area contributed by atoms with Crippen molar-refractivity contribution in [3.63, 3.8) is 0 Å². The van der Waals surface area contributed by atoms with Crippen LogP contribution in [0.1, 0.15) is 15.9 Å². The van der Waals surface area contributed by atoms with Gasteiger partial charge in [-0.1, -0.05) is 43.9 Å². The Morgan fingerprint density at radius 2 is 1.88 bits per heavy atom. The van der Waals surface area contributed by atoms with Crippen LogP contribution in [0.15, 0.2) is 42.5 Å². The Morgan fingerprint density at radius 3 is 2.69 bits per heavy atom. The van der Waals surface area contributed by atoms with Crippen LogP contribution in [0.2, 0.25) is 25.7 Å². The number of carbonyl (C=O) groups excluding carboxylic acids is 1. The number of carbonyl (C=O) groups is 1. The van der Waals surface area contributed by atoms with Crippen LogP contribution in [0.4, 0.5) is 0 Å². The van der Waals surface area contributed by atoms with Gasteiger partial charge in [-0.3, -0.25) is 0 Å². The van der Waals surface area contributed by atoms with Gasteiger partial charge in [-0.05, 0) is 24.2 Å². The van der Waals surface area contributed by atoms with E-state index >= 15 is 0 Å². The molecule has 138 valence electrons. The summed E-state index contributed by atoms with van der Waals surface area (Å²) in [7, 11) is -1.14. The number of ether oxygens (including phenoxy) is 4. The molecule has 0 fully saturated rings. The summed E-state index contributed by atoms with van der Waals surface area (Å²) in [4.78, 5) is 12.3. The van der Waals surface area contributed by atoms with E-state index in [-0.39, 0.29) is 13.4 Å². The van der Waals surface area contributed by atoms with Crippen LogP contribution in [0.25, 0.3) is 0 Å². The molecule has 0 aromatic heterocycles. The molecular formula is C20H24O5Si. The molecule has 2 aromatic carbocycles. The molecule has 26 heavy (non-hydrogen) atoms. The van der Waals surface area contributed by atoms with Gasteiger partial charge in [0.2, 0.25) is 0 Å². The molecule has 1 aliphatic heterocycles. The van der Waals surface area contributed by atoms with Crippen LogP contribution in [0.5, 0.6) is 17.2 Å². The molecule has 0 N–H and O–H groups in total. The van der Waals surface area contributed by atoms with Crippen LogP contribution in [-0.4, -0.2) is 27.4 Å². The van der Waals surface area contributed by atoms with Gasteiger partial charge in [-0.15, -0.1) is 0 Å². The van der Waals surface area contributed by atoms with Gasteiger partial charge in [-0.2, -0.15) is 0 Å². The number of para-hydroxylation sites is 2. The molecule has 0 atom stereocenters. The van der Waals surface area contributed by atoms with Crippen LogP contribution < -0.4 is 9.47 Å². The third kappa shape index (κ3) is 4.65. The average molecular weight is 372 g/mol. The predicted molar refractivity (Wildman–Crippen MR) is 102 cm³/mol. The predicted octanol–water partition coefficient (Wildman–Crippen LogP) is 4.84. The number of hydrogen-bond donors (Lipinski definition) is 0. The normalized spacial score (nSPS) is 13.6. The largest absolute Gasteiger partial charge is 0.464 e. The van der Waals surface area contributed by atoms with E-state index in [1.807, 2.05) is 24.3 Å². The fourth-order valence-corrected chi connectivity index (χ4v) is 3.25. The minimum Gasteiger partial charge on any atom is -0.464 e. The summed E-state index contributed by atoms with van der Waals surface area (Å²) in [5, 5.41) is 0. The van der Waals surface area contributed by atoms with Crippen molar-refractivity contribution >= 4 is 14.0 Å². The number of esters is 1. The smallest absolute Gasteiger partial charge is 0.342 e. The maximum atomic E-state index is 12.3. The minimum absolute atomic E-state index is 0.112. The summed E-state index contributed by atoms with van der Waals surface area (Å²) in [6.07, 6.45) is 0. The van der Waals surface area contributed by atoms with E-state index < -0.39 is 14.0 Å². The highest BCUT2D eigenvalue weighted by molar-refractivity contribution is 6.76. The summed E-state index contributed by atoms with van der Waals surface area (Å²) >= 11 is 0. The number of rotatable bonds is 6. The molecule has 0 saturated carbocycles. The van der Waals surface area contributed by atoms with Crippen molar-refractivity contribution in [3.8, 4) is 17.2 Å². The third-order valence-electron chi connectivity index (χ3n) is 4.04. The Hall–Kier alpha value is -2.31. The molecule has 2 aromatic rings. The summed E-state index contributed by atoms with van der Waals surface area (Å²) in [5.74, 6) is 1.04. The highest BCUT2D eigenvalue weighted by Gasteiger charge is 2.23. The van der Waals surface area contributed by atoms with Gasteiger partial charge >= 0.3 is 5.97 Å². The summed E-state index contributed by atoms with van der Waals surface area (Å²) < 4.78 is 22.7. The topological polar surface area (TPSA) is 54.0 Å². The molecular weight excluding hydrogens is 348 g/mol. The highest BCUT2D eigenvalue weighted by Crippen LogP contribution is 2.38. The summed E-state index contributed by atoms with van der Waals surface area (Å²) in [6.45, 7) is 7.85. The molecule has 0 aliphatic carbocycles. The van der Waals surface area contributed by atoms with Crippen molar-refractivity contribution in [1.29, 1.82) is 0 Å². The second-order valence-electron chi connectivity index (χ2n) is 7.40. The Labute approximate surface area is 154 Å². The molecule has 0 bridgehead atoms. The van der Waals surface area contributed by atoms with E-state index in [0.29, 0.717) is 29.4 Å². The fraction of sp³-hybridized carbons (Fsp3) is 0.350. The van der Waals surface area contributed by atoms with Gasteiger partial charge in [0.1, 0.15) is 17.9 Å². The monoisotopic (exact) mass is 372 g/mol. The van der Waals surface area contributed by atoms with Crippen molar-refractivity contribution in [2.45, 2.75) is 32.3 Å². The van der Waals surface area contributed by atoms with Gasteiger partial charge in [0.25, 0.3) is 0 Å². The van der Waals surface area contributed by atoms with Crippen LogP contribution in [0.3, 0.4) is 0 Å². The van der Waals surface area contributed by atoms with Crippen molar-refractivity contribution < 1.29 is 23.7 Å². The van der Waals surface area contributed by atoms with Crippen molar-refractivity contribution in [2.75, 3.05) is 13.4 Å². The minimum atomic E-state index is -1.14. The zero-order valence-corrected chi connectivity index (χ0v) is 16.4. The molecule has 0 unspecified atom stereocenters. The van der Waals surface area contributed by atoms with Crippen LogP contribution in [0, 0.1) is 0 Å². The molecule has 6 heteroatoms. The molecule has 0 amide bonds. The number of fused-ring (bicyclic) bond motifs is 2. The van der Waals surface area contributed by atoms with E-state index in [9.17, 15) is 4.79 Å². The first kappa shape index (κ1) is 18.5.